The monoisotopic (exact) mass is 333 g/mol. The number of esters is 1. The van der Waals surface area contributed by atoms with Gasteiger partial charge in [-0.25, -0.2) is 9.78 Å². The Morgan fingerprint density at radius 1 is 1.20 bits per heavy atom. The van der Waals surface area contributed by atoms with Crippen LogP contribution in [0, 0.1) is 0 Å². The predicted molar refractivity (Wildman–Crippen MR) is 91.5 cm³/mol. The number of aromatic nitrogens is 2. The maximum atomic E-state index is 12.5. The molecular formula is C19H15N3O3. The Morgan fingerprint density at radius 2 is 2.08 bits per heavy atom. The van der Waals surface area contributed by atoms with E-state index in [0.717, 1.165) is 11.3 Å². The summed E-state index contributed by atoms with van der Waals surface area (Å²) < 4.78 is 7.12. The van der Waals surface area contributed by atoms with Crippen molar-refractivity contribution in [3.05, 3.63) is 78.4 Å². The van der Waals surface area contributed by atoms with Crippen molar-refractivity contribution < 1.29 is 14.3 Å². The van der Waals surface area contributed by atoms with Crippen molar-refractivity contribution >= 4 is 17.6 Å². The van der Waals surface area contributed by atoms with Gasteiger partial charge in [0.15, 0.2) is 6.10 Å². The summed E-state index contributed by atoms with van der Waals surface area (Å²) in [5.41, 5.74) is 2.85. The van der Waals surface area contributed by atoms with E-state index in [-0.39, 0.29) is 5.91 Å². The van der Waals surface area contributed by atoms with Crippen molar-refractivity contribution in [1.29, 1.82) is 0 Å². The van der Waals surface area contributed by atoms with Gasteiger partial charge in [-0.1, -0.05) is 24.3 Å². The van der Waals surface area contributed by atoms with E-state index in [4.69, 9.17) is 4.74 Å². The minimum atomic E-state index is -0.834. The molecule has 0 saturated heterocycles. The molecule has 2 aromatic carbocycles. The average molecular weight is 333 g/mol. The molecule has 1 aliphatic heterocycles. The first-order chi connectivity index (χ1) is 12.2. The summed E-state index contributed by atoms with van der Waals surface area (Å²) in [6, 6.07) is 14.6. The Kier molecular flexibility index (Phi) is 3.78. The minimum Gasteiger partial charge on any atom is -0.448 e. The number of fused-ring (bicyclic) bond motifs is 1. The molecule has 0 radical (unpaired) electrons. The molecule has 0 bridgehead atoms. The average Bonchev–Trinajstić information content (AvgIpc) is 3.17. The van der Waals surface area contributed by atoms with Gasteiger partial charge < -0.3 is 14.6 Å². The highest BCUT2D eigenvalue weighted by Gasteiger charge is 2.31. The van der Waals surface area contributed by atoms with Crippen molar-refractivity contribution in [2.45, 2.75) is 12.5 Å². The quantitative estimate of drug-likeness (QED) is 0.748. The second kappa shape index (κ2) is 6.24. The Morgan fingerprint density at radius 3 is 2.92 bits per heavy atom. The Bertz CT molecular complexity index is 935. The minimum absolute atomic E-state index is 0.342. The van der Waals surface area contributed by atoms with E-state index in [1.807, 2.05) is 41.1 Å². The summed E-state index contributed by atoms with van der Waals surface area (Å²) in [5, 5.41) is 2.82. The number of hydrogen-bond donors (Lipinski definition) is 1. The van der Waals surface area contributed by atoms with E-state index >= 15 is 0 Å². The molecule has 0 fully saturated rings. The van der Waals surface area contributed by atoms with Gasteiger partial charge in [0, 0.05) is 30.2 Å². The van der Waals surface area contributed by atoms with Crippen LogP contribution in [0.2, 0.25) is 0 Å². The molecule has 3 aromatic rings. The van der Waals surface area contributed by atoms with Crippen LogP contribution in [0.4, 0.5) is 5.69 Å². The SMILES string of the molecule is O=C1O[C@@H](C(=O)Nc2cccc(-n3ccnc3)c2)Cc2ccccc21. The molecule has 0 saturated carbocycles. The molecule has 25 heavy (non-hydrogen) atoms. The molecule has 1 aliphatic rings. The molecule has 0 spiro atoms. The van der Waals surface area contributed by atoms with Gasteiger partial charge in [-0.3, -0.25) is 4.79 Å². The van der Waals surface area contributed by atoms with Gasteiger partial charge in [-0.05, 0) is 29.8 Å². The zero-order valence-electron chi connectivity index (χ0n) is 13.3. The van der Waals surface area contributed by atoms with Crippen molar-refractivity contribution in [3.63, 3.8) is 0 Å². The first kappa shape index (κ1) is 15.1. The molecule has 0 aliphatic carbocycles. The van der Waals surface area contributed by atoms with Gasteiger partial charge in [0.1, 0.15) is 0 Å². The third-order valence-electron chi connectivity index (χ3n) is 4.10. The molecule has 6 heteroatoms. The van der Waals surface area contributed by atoms with Crippen LogP contribution in [-0.2, 0) is 16.0 Å². The molecule has 1 atom stereocenters. The van der Waals surface area contributed by atoms with E-state index in [1.54, 1.807) is 30.7 Å². The molecule has 2 heterocycles. The number of nitrogens with one attached hydrogen (secondary N) is 1. The highest BCUT2D eigenvalue weighted by molar-refractivity contribution is 6.00. The molecule has 6 nitrogen and oxygen atoms in total. The molecule has 4 rings (SSSR count). The topological polar surface area (TPSA) is 73.2 Å². The lowest BCUT2D eigenvalue weighted by molar-refractivity contribution is -0.125. The summed E-state index contributed by atoms with van der Waals surface area (Å²) in [5.74, 6) is -0.806. The van der Waals surface area contributed by atoms with E-state index in [1.165, 1.54) is 0 Å². The molecule has 0 unspecified atom stereocenters. The lowest BCUT2D eigenvalue weighted by Crippen LogP contribution is -2.37. The van der Waals surface area contributed by atoms with E-state index < -0.39 is 12.1 Å². The number of hydrogen-bond acceptors (Lipinski definition) is 4. The van der Waals surface area contributed by atoms with Crippen LogP contribution in [0.5, 0.6) is 0 Å². The maximum Gasteiger partial charge on any atom is 0.339 e. The summed E-state index contributed by atoms with van der Waals surface area (Å²) in [4.78, 5) is 28.6. The predicted octanol–water partition coefficient (Wildman–Crippen LogP) is 2.59. The van der Waals surface area contributed by atoms with Crippen LogP contribution in [0.25, 0.3) is 5.69 Å². The smallest absolute Gasteiger partial charge is 0.339 e. The number of rotatable bonds is 3. The zero-order valence-corrected chi connectivity index (χ0v) is 13.3. The van der Waals surface area contributed by atoms with Crippen LogP contribution in [0.1, 0.15) is 15.9 Å². The van der Waals surface area contributed by atoms with Crippen LogP contribution >= 0.6 is 0 Å². The van der Waals surface area contributed by atoms with Crippen LogP contribution in [-0.4, -0.2) is 27.5 Å². The van der Waals surface area contributed by atoms with Crippen LogP contribution < -0.4 is 5.32 Å². The lowest BCUT2D eigenvalue weighted by atomic mass is 9.98. The van der Waals surface area contributed by atoms with E-state index in [9.17, 15) is 9.59 Å². The summed E-state index contributed by atoms with van der Waals surface area (Å²) in [6.45, 7) is 0. The summed E-state index contributed by atoms with van der Waals surface area (Å²) in [6.07, 6.45) is 4.72. The van der Waals surface area contributed by atoms with Gasteiger partial charge in [-0.15, -0.1) is 0 Å². The first-order valence-corrected chi connectivity index (χ1v) is 7.89. The van der Waals surface area contributed by atoms with Crippen molar-refractivity contribution in [3.8, 4) is 5.69 Å². The second-order valence-electron chi connectivity index (χ2n) is 5.76. The fourth-order valence-corrected chi connectivity index (χ4v) is 2.86. The summed E-state index contributed by atoms with van der Waals surface area (Å²) >= 11 is 0. The Balaban J connectivity index is 1.52. The van der Waals surface area contributed by atoms with Crippen LogP contribution in [0.3, 0.4) is 0 Å². The lowest BCUT2D eigenvalue weighted by Gasteiger charge is -2.23. The Hall–Kier alpha value is -3.41. The largest absolute Gasteiger partial charge is 0.448 e. The maximum absolute atomic E-state index is 12.5. The third-order valence-corrected chi connectivity index (χ3v) is 4.10. The number of benzene rings is 2. The summed E-state index contributed by atoms with van der Waals surface area (Å²) in [7, 11) is 0. The van der Waals surface area contributed by atoms with Gasteiger partial charge in [0.25, 0.3) is 5.91 Å². The molecular weight excluding hydrogens is 318 g/mol. The highest BCUT2D eigenvalue weighted by atomic mass is 16.5. The highest BCUT2D eigenvalue weighted by Crippen LogP contribution is 2.22. The molecule has 1 aromatic heterocycles. The van der Waals surface area contributed by atoms with Gasteiger partial charge in [-0.2, -0.15) is 0 Å². The second-order valence-corrected chi connectivity index (χ2v) is 5.76. The zero-order chi connectivity index (χ0) is 17.2. The fourth-order valence-electron chi connectivity index (χ4n) is 2.86. The molecule has 124 valence electrons. The van der Waals surface area contributed by atoms with E-state index in [0.29, 0.717) is 17.7 Å². The molecule has 1 amide bonds. The number of imidazole rings is 1. The number of amides is 1. The number of carbonyl (C=O) groups is 2. The van der Waals surface area contributed by atoms with E-state index in [2.05, 4.69) is 10.3 Å². The van der Waals surface area contributed by atoms with Crippen molar-refractivity contribution in [1.82, 2.24) is 9.55 Å². The van der Waals surface area contributed by atoms with Crippen LogP contribution in [0.15, 0.2) is 67.3 Å². The van der Waals surface area contributed by atoms with Gasteiger partial charge >= 0.3 is 5.97 Å². The standard InChI is InChI=1S/C19H15N3O3/c23-18(17-10-13-4-1-2-7-16(13)19(24)25-17)21-14-5-3-6-15(11-14)22-9-8-20-12-22/h1-9,11-12,17H,10H2,(H,21,23)/t17-/m1/s1. The van der Waals surface area contributed by atoms with Gasteiger partial charge in [0.2, 0.25) is 0 Å². The first-order valence-electron chi connectivity index (χ1n) is 7.89. The number of carbonyl (C=O) groups excluding carboxylic acids is 2. The fraction of sp³-hybridized carbons (Fsp3) is 0.105. The third kappa shape index (κ3) is 3.01. The van der Waals surface area contributed by atoms with Crippen molar-refractivity contribution in [2.24, 2.45) is 0 Å². The Labute approximate surface area is 144 Å². The molecule has 1 N–H and O–H groups in total. The number of nitrogens with zero attached hydrogens (tertiary/aromatic N) is 2. The van der Waals surface area contributed by atoms with Crippen molar-refractivity contribution in [2.75, 3.05) is 5.32 Å². The number of cyclic esters (lactones) is 1. The van der Waals surface area contributed by atoms with Gasteiger partial charge in [0.05, 0.1) is 11.9 Å². The number of ether oxygens (including phenoxy) is 1. The number of anilines is 1. The normalized spacial score (nSPS) is 16.0.